The summed E-state index contributed by atoms with van der Waals surface area (Å²) in [7, 11) is 0. The van der Waals surface area contributed by atoms with Crippen LogP contribution in [0.3, 0.4) is 0 Å². The smallest absolute Gasteiger partial charge is 0.350 e. The van der Waals surface area contributed by atoms with Gasteiger partial charge >= 0.3 is 11.7 Å². The number of aromatic nitrogens is 3. The second kappa shape index (κ2) is 9.34. The fourth-order valence-corrected chi connectivity index (χ4v) is 3.18. The van der Waals surface area contributed by atoms with E-state index in [2.05, 4.69) is 25.7 Å². The van der Waals surface area contributed by atoms with Gasteiger partial charge in [0, 0.05) is 18.5 Å². The van der Waals surface area contributed by atoms with Crippen LogP contribution in [0.5, 0.6) is 0 Å². The second-order valence-electron chi connectivity index (χ2n) is 9.91. The minimum atomic E-state index is -0.695. The minimum absolute atomic E-state index is 0.0987. The summed E-state index contributed by atoms with van der Waals surface area (Å²) in [5.41, 5.74) is 4.81. The van der Waals surface area contributed by atoms with E-state index in [0.29, 0.717) is 37.3 Å². The Morgan fingerprint density at radius 3 is 2.42 bits per heavy atom. The monoisotopic (exact) mass is 460 g/mol. The van der Waals surface area contributed by atoms with Gasteiger partial charge in [-0.25, -0.2) is 9.78 Å². The predicted molar refractivity (Wildman–Crippen MR) is 124 cm³/mol. The molecule has 3 heterocycles. The van der Waals surface area contributed by atoms with Gasteiger partial charge < -0.3 is 14.4 Å². The number of fused-ring (bicyclic) bond motifs is 1. The maximum absolute atomic E-state index is 12.9. The summed E-state index contributed by atoms with van der Waals surface area (Å²) in [5.74, 6) is -0.742. The number of nitrogens with zero attached hydrogens (tertiary/aromatic N) is 4. The first-order chi connectivity index (χ1) is 15.3. The van der Waals surface area contributed by atoms with Crippen molar-refractivity contribution >= 4 is 34.4 Å². The van der Waals surface area contributed by atoms with E-state index in [1.165, 1.54) is 4.57 Å². The van der Waals surface area contributed by atoms with Crippen molar-refractivity contribution in [1.82, 2.24) is 20.0 Å². The summed E-state index contributed by atoms with van der Waals surface area (Å²) in [4.78, 5) is 48.3. The molecule has 2 N–H and O–H groups in total. The van der Waals surface area contributed by atoms with Gasteiger partial charge in [0.05, 0.1) is 30.6 Å². The van der Waals surface area contributed by atoms with E-state index >= 15 is 0 Å². The molecule has 11 nitrogen and oxygen atoms in total. The number of carbonyl (C=O) groups is 2. The minimum Gasteiger partial charge on any atom is -0.459 e. The van der Waals surface area contributed by atoms with Crippen LogP contribution in [0.2, 0.25) is 0 Å². The molecule has 1 aliphatic rings. The molecule has 2 aromatic heterocycles. The van der Waals surface area contributed by atoms with Crippen LogP contribution in [-0.2, 0) is 25.6 Å². The molecule has 1 fully saturated rings. The Labute approximate surface area is 192 Å². The van der Waals surface area contributed by atoms with Crippen molar-refractivity contribution in [2.75, 3.05) is 36.6 Å². The van der Waals surface area contributed by atoms with Gasteiger partial charge in [-0.1, -0.05) is 20.8 Å². The zero-order valence-electron chi connectivity index (χ0n) is 20.0. The topological polar surface area (TPSA) is 128 Å². The highest BCUT2D eigenvalue weighted by Crippen LogP contribution is 2.24. The number of carbonyl (C=O) groups excluding carboxylic acids is 2. The maximum Gasteiger partial charge on any atom is 0.350 e. The fraction of sp³-hybridized carbons (Fsp3) is 0.591. The van der Waals surface area contributed by atoms with Crippen LogP contribution < -0.4 is 21.4 Å². The summed E-state index contributed by atoms with van der Waals surface area (Å²) in [6.45, 7) is 12.8. The zero-order valence-corrected chi connectivity index (χ0v) is 20.0. The van der Waals surface area contributed by atoms with Crippen molar-refractivity contribution in [2.45, 2.75) is 53.7 Å². The molecule has 0 aliphatic carbocycles. The molecule has 0 atom stereocenters. The highest BCUT2D eigenvalue weighted by Gasteiger charge is 2.23. The Balaban J connectivity index is 2.04. The first-order valence-corrected chi connectivity index (χ1v) is 10.9. The van der Waals surface area contributed by atoms with Gasteiger partial charge in [0.2, 0.25) is 5.91 Å². The second-order valence-corrected chi connectivity index (χ2v) is 9.91. The zero-order chi connectivity index (χ0) is 24.4. The lowest BCUT2D eigenvalue weighted by atomic mass is 9.96. The van der Waals surface area contributed by atoms with Crippen molar-refractivity contribution in [3.05, 3.63) is 22.7 Å². The van der Waals surface area contributed by atoms with Crippen LogP contribution in [0.15, 0.2) is 17.1 Å². The number of anilines is 2. The first kappa shape index (κ1) is 24.4. The summed E-state index contributed by atoms with van der Waals surface area (Å²) in [6, 6.07) is 1.79. The van der Waals surface area contributed by atoms with E-state index in [9.17, 15) is 14.4 Å². The Hall–Kier alpha value is -3.21. The van der Waals surface area contributed by atoms with Crippen LogP contribution >= 0.6 is 0 Å². The molecule has 0 aromatic carbocycles. The average Bonchev–Trinajstić information content (AvgIpc) is 2.72. The van der Waals surface area contributed by atoms with Crippen LogP contribution in [0.4, 0.5) is 11.5 Å². The third-order valence-electron chi connectivity index (χ3n) is 4.87. The van der Waals surface area contributed by atoms with Crippen molar-refractivity contribution in [3.63, 3.8) is 0 Å². The number of hydrazine groups is 1. The number of morpholine rings is 1. The maximum atomic E-state index is 12.9. The van der Waals surface area contributed by atoms with Crippen LogP contribution in [0.1, 0.15) is 41.5 Å². The van der Waals surface area contributed by atoms with Gasteiger partial charge in [0.1, 0.15) is 17.7 Å². The average molecular weight is 461 g/mol. The van der Waals surface area contributed by atoms with E-state index in [1.807, 2.05) is 0 Å². The molecule has 2 aromatic rings. The lowest BCUT2D eigenvalue weighted by Crippen LogP contribution is -2.40. The number of hydrogen-bond donors (Lipinski definition) is 2. The van der Waals surface area contributed by atoms with E-state index in [1.54, 1.807) is 53.8 Å². The molecule has 0 unspecified atom stereocenters. The number of ether oxygens (including phenoxy) is 2. The molecule has 1 saturated heterocycles. The van der Waals surface area contributed by atoms with Crippen LogP contribution in [0.25, 0.3) is 11.0 Å². The van der Waals surface area contributed by atoms with Gasteiger partial charge in [-0.05, 0) is 26.8 Å². The molecule has 11 heteroatoms. The number of esters is 1. The number of pyridine rings is 1. The summed E-state index contributed by atoms with van der Waals surface area (Å²) in [5, 5.41) is 0. The van der Waals surface area contributed by atoms with Gasteiger partial charge in [0.25, 0.3) is 0 Å². The lowest BCUT2D eigenvalue weighted by molar-refractivity contribution is -0.155. The third-order valence-corrected chi connectivity index (χ3v) is 4.87. The number of amides is 1. The predicted octanol–water partition coefficient (Wildman–Crippen LogP) is 1.46. The molecular weight excluding hydrogens is 428 g/mol. The fourth-order valence-electron chi connectivity index (χ4n) is 3.18. The number of rotatable bonds is 5. The van der Waals surface area contributed by atoms with Gasteiger partial charge in [0.15, 0.2) is 5.82 Å². The number of hydrogen-bond acceptors (Lipinski definition) is 9. The van der Waals surface area contributed by atoms with Crippen LogP contribution in [0, 0.1) is 5.41 Å². The third kappa shape index (κ3) is 6.19. The standard InChI is InChI=1S/C22H32N6O5/c1-21(2,3)19(30)26-25-18-17-15(11-14(12-23-17)27-7-9-32-10-8-27)28(20(31)24-18)13-16(29)33-22(4,5)6/h11-12H,7-10,13H2,1-6H3,(H,26,30)(H,24,25,31). The SMILES string of the molecule is CC(C)(C)OC(=O)Cn1c(=O)nc(NNC(=O)C(C)(C)C)c2ncc(N3CCOCC3)cc21. The highest BCUT2D eigenvalue weighted by molar-refractivity contribution is 5.90. The molecule has 180 valence electrons. The van der Waals surface area contributed by atoms with E-state index in [0.717, 1.165) is 5.69 Å². The van der Waals surface area contributed by atoms with Crippen molar-refractivity contribution in [2.24, 2.45) is 5.41 Å². The first-order valence-electron chi connectivity index (χ1n) is 10.9. The van der Waals surface area contributed by atoms with Gasteiger partial charge in [-0.15, -0.1) is 0 Å². The van der Waals surface area contributed by atoms with E-state index in [4.69, 9.17) is 9.47 Å². The van der Waals surface area contributed by atoms with Crippen molar-refractivity contribution in [1.29, 1.82) is 0 Å². The molecule has 0 saturated carbocycles. The summed E-state index contributed by atoms with van der Waals surface area (Å²) < 4.78 is 12.0. The molecule has 1 aliphatic heterocycles. The molecule has 3 rings (SSSR count). The molecule has 1 amide bonds. The molecule has 0 bridgehead atoms. The van der Waals surface area contributed by atoms with E-state index < -0.39 is 22.7 Å². The molecular formula is C22H32N6O5. The van der Waals surface area contributed by atoms with E-state index in [-0.39, 0.29) is 18.3 Å². The van der Waals surface area contributed by atoms with Gasteiger partial charge in [-0.2, -0.15) is 4.98 Å². The molecule has 33 heavy (non-hydrogen) atoms. The Bertz CT molecular complexity index is 1090. The Kier molecular flexibility index (Phi) is 6.92. The summed E-state index contributed by atoms with van der Waals surface area (Å²) in [6.07, 6.45) is 1.67. The largest absolute Gasteiger partial charge is 0.459 e. The normalized spacial score (nSPS) is 14.8. The number of nitrogens with one attached hydrogen (secondary N) is 2. The van der Waals surface area contributed by atoms with Crippen LogP contribution in [-0.4, -0.2) is 58.3 Å². The van der Waals surface area contributed by atoms with Crippen molar-refractivity contribution in [3.8, 4) is 0 Å². The molecule has 0 spiro atoms. The highest BCUT2D eigenvalue weighted by atomic mass is 16.6. The lowest BCUT2D eigenvalue weighted by Gasteiger charge is -2.29. The van der Waals surface area contributed by atoms with Crippen molar-refractivity contribution < 1.29 is 19.1 Å². The summed E-state index contributed by atoms with van der Waals surface area (Å²) >= 11 is 0. The quantitative estimate of drug-likeness (QED) is 0.503. The molecule has 0 radical (unpaired) electrons. The Morgan fingerprint density at radius 1 is 1.15 bits per heavy atom. The van der Waals surface area contributed by atoms with Gasteiger partial charge in [-0.3, -0.25) is 25.0 Å². The Morgan fingerprint density at radius 2 is 1.82 bits per heavy atom.